The third-order valence-electron chi connectivity index (χ3n) is 2.85. The fraction of sp³-hybridized carbons (Fsp3) is 0.250. The molecule has 1 atom stereocenters. The maximum Gasteiger partial charge on any atom is 0.159 e. The molecule has 0 fully saturated rings. The van der Waals surface area contributed by atoms with Crippen LogP contribution in [0.1, 0.15) is 24.2 Å². The van der Waals surface area contributed by atoms with Crippen LogP contribution in [0.5, 0.6) is 0 Å². The van der Waals surface area contributed by atoms with Gasteiger partial charge < -0.3 is 0 Å². The van der Waals surface area contributed by atoms with Crippen molar-refractivity contribution in [2.24, 2.45) is 5.84 Å². The van der Waals surface area contributed by atoms with Gasteiger partial charge in [0.05, 0.1) is 23.0 Å². The van der Waals surface area contributed by atoms with Gasteiger partial charge in [-0.05, 0) is 24.6 Å². The van der Waals surface area contributed by atoms with Gasteiger partial charge in [-0.3, -0.25) is 10.5 Å². The number of nitrogens with two attached hydrogens (primary N) is 1. The quantitative estimate of drug-likeness (QED) is 0.670. The van der Waals surface area contributed by atoms with E-state index in [1.54, 1.807) is 4.68 Å². The van der Waals surface area contributed by atoms with E-state index in [9.17, 15) is 8.78 Å². The molecule has 2 aromatic rings. The van der Waals surface area contributed by atoms with Crippen molar-refractivity contribution in [2.45, 2.75) is 19.5 Å². The van der Waals surface area contributed by atoms with E-state index < -0.39 is 17.7 Å². The lowest BCUT2D eigenvalue weighted by atomic mass is 10.0. The first-order valence-electron chi connectivity index (χ1n) is 5.70. The highest BCUT2D eigenvalue weighted by atomic mass is 35.5. The van der Waals surface area contributed by atoms with Crippen molar-refractivity contribution in [1.29, 1.82) is 0 Å². The van der Waals surface area contributed by atoms with E-state index in [1.807, 2.05) is 6.92 Å². The predicted molar refractivity (Wildman–Crippen MR) is 68.4 cm³/mol. The second-order valence-electron chi connectivity index (χ2n) is 3.97. The normalized spacial score (nSPS) is 12.7. The minimum absolute atomic E-state index is 0.412. The summed E-state index contributed by atoms with van der Waals surface area (Å²) < 4.78 is 27.9. The van der Waals surface area contributed by atoms with Crippen molar-refractivity contribution in [2.75, 3.05) is 0 Å². The van der Waals surface area contributed by atoms with Crippen LogP contribution in [0.25, 0.3) is 0 Å². The van der Waals surface area contributed by atoms with Crippen LogP contribution in [0.15, 0.2) is 24.4 Å². The maximum atomic E-state index is 13.3. The molecule has 0 bridgehead atoms. The first-order valence-corrected chi connectivity index (χ1v) is 6.08. The lowest BCUT2D eigenvalue weighted by Gasteiger charge is -2.18. The Bertz CT molecular complexity index is 585. The Morgan fingerprint density at radius 3 is 2.74 bits per heavy atom. The van der Waals surface area contributed by atoms with E-state index in [2.05, 4.69) is 10.5 Å². The van der Waals surface area contributed by atoms with Crippen molar-refractivity contribution < 1.29 is 8.78 Å². The van der Waals surface area contributed by atoms with Crippen LogP contribution < -0.4 is 11.3 Å². The van der Waals surface area contributed by atoms with E-state index in [0.29, 0.717) is 22.8 Å². The fourth-order valence-electron chi connectivity index (χ4n) is 1.94. The number of aryl methyl sites for hydroxylation is 1. The number of nitrogens with zero attached hydrogens (tertiary/aromatic N) is 2. The monoisotopic (exact) mass is 286 g/mol. The number of hydrogen-bond acceptors (Lipinski definition) is 3. The third-order valence-corrected chi connectivity index (χ3v) is 3.14. The molecule has 0 amide bonds. The Hall–Kier alpha value is -1.50. The topological polar surface area (TPSA) is 55.9 Å². The average Bonchev–Trinajstić information content (AvgIpc) is 2.76. The van der Waals surface area contributed by atoms with Crippen molar-refractivity contribution in [1.82, 2.24) is 15.2 Å². The molecule has 102 valence electrons. The van der Waals surface area contributed by atoms with E-state index in [-0.39, 0.29) is 0 Å². The van der Waals surface area contributed by atoms with Gasteiger partial charge in [-0.1, -0.05) is 17.7 Å². The first kappa shape index (κ1) is 13.9. The zero-order chi connectivity index (χ0) is 14.0. The van der Waals surface area contributed by atoms with Gasteiger partial charge in [0.1, 0.15) is 0 Å². The molecule has 0 radical (unpaired) electrons. The summed E-state index contributed by atoms with van der Waals surface area (Å²) >= 11 is 6.07. The number of aromatic nitrogens is 2. The minimum atomic E-state index is -0.934. The largest absolute Gasteiger partial charge is 0.271 e. The predicted octanol–water partition coefficient (Wildman–Crippen LogP) is 2.39. The number of nitrogens with one attached hydrogen (secondary N) is 1. The minimum Gasteiger partial charge on any atom is -0.271 e. The number of hydrogen-bond donors (Lipinski definition) is 2. The van der Waals surface area contributed by atoms with Gasteiger partial charge in [0, 0.05) is 6.54 Å². The highest BCUT2D eigenvalue weighted by molar-refractivity contribution is 6.31. The maximum absolute atomic E-state index is 13.3. The summed E-state index contributed by atoms with van der Waals surface area (Å²) in [6.45, 7) is 2.48. The molecule has 19 heavy (non-hydrogen) atoms. The van der Waals surface area contributed by atoms with Crippen LogP contribution in [-0.2, 0) is 6.54 Å². The standard InChI is InChI=1S/C12H13ClF2N4/c1-2-19-12(8(13)6-17-19)11(18-16)7-3-4-9(14)10(15)5-7/h3-6,11,18H,2,16H2,1H3. The highest BCUT2D eigenvalue weighted by Crippen LogP contribution is 2.28. The zero-order valence-corrected chi connectivity index (χ0v) is 11.0. The smallest absolute Gasteiger partial charge is 0.159 e. The molecule has 1 aromatic heterocycles. The summed E-state index contributed by atoms with van der Waals surface area (Å²) in [6.07, 6.45) is 1.49. The Labute approximate surface area is 114 Å². The molecule has 0 spiro atoms. The molecule has 0 saturated heterocycles. The average molecular weight is 287 g/mol. The van der Waals surface area contributed by atoms with E-state index in [1.165, 1.54) is 12.3 Å². The van der Waals surface area contributed by atoms with E-state index >= 15 is 0 Å². The molecular weight excluding hydrogens is 274 g/mol. The second-order valence-corrected chi connectivity index (χ2v) is 4.37. The van der Waals surface area contributed by atoms with Crippen LogP contribution in [-0.4, -0.2) is 9.78 Å². The molecule has 3 N–H and O–H groups in total. The summed E-state index contributed by atoms with van der Waals surface area (Å²) in [7, 11) is 0. The molecule has 0 aliphatic carbocycles. The molecule has 7 heteroatoms. The highest BCUT2D eigenvalue weighted by Gasteiger charge is 2.21. The fourth-order valence-corrected chi connectivity index (χ4v) is 2.19. The number of benzene rings is 1. The number of hydrazine groups is 1. The van der Waals surface area contributed by atoms with Crippen LogP contribution in [0.2, 0.25) is 5.02 Å². The first-order chi connectivity index (χ1) is 9.08. The molecule has 0 aliphatic rings. The van der Waals surface area contributed by atoms with Gasteiger partial charge in [0.2, 0.25) is 0 Å². The van der Waals surface area contributed by atoms with Crippen molar-refractivity contribution in [3.63, 3.8) is 0 Å². The number of rotatable bonds is 4. The molecule has 1 aromatic carbocycles. The van der Waals surface area contributed by atoms with Crippen LogP contribution in [0, 0.1) is 11.6 Å². The Morgan fingerprint density at radius 2 is 2.16 bits per heavy atom. The molecule has 0 saturated carbocycles. The van der Waals surface area contributed by atoms with Crippen molar-refractivity contribution >= 4 is 11.6 Å². The van der Waals surface area contributed by atoms with Gasteiger partial charge >= 0.3 is 0 Å². The molecular formula is C12H13ClF2N4. The summed E-state index contributed by atoms with van der Waals surface area (Å²) in [5.41, 5.74) is 3.63. The van der Waals surface area contributed by atoms with Gasteiger partial charge in [-0.25, -0.2) is 14.2 Å². The molecule has 2 rings (SSSR count). The Balaban J connectivity index is 2.49. The lowest BCUT2D eigenvalue weighted by Crippen LogP contribution is -2.31. The molecule has 0 aliphatic heterocycles. The van der Waals surface area contributed by atoms with Gasteiger partial charge in [0.25, 0.3) is 0 Å². The number of halogens is 3. The molecule has 4 nitrogen and oxygen atoms in total. The lowest BCUT2D eigenvalue weighted by molar-refractivity contribution is 0.499. The summed E-state index contributed by atoms with van der Waals surface area (Å²) in [6, 6.07) is 3.02. The molecule has 1 heterocycles. The third kappa shape index (κ3) is 2.60. The SMILES string of the molecule is CCn1ncc(Cl)c1C(NN)c1ccc(F)c(F)c1. The zero-order valence-electron chi connectivity index (χ0n) is 10.2. The van der Waals surface area contributed by atoms with Crippen LogP contribution >= 0.6 is 11.6 Å². The molecule has 1 unspecified atom stereocenters. The van der Waals surface area contributed by atoms with E-state index in [0.717, 1.165) is 12.1 Å². The van der Waals surface area contributed by atoms with E-state index in [4.69, 9.17) is 17.4 Å². The van der Waals surface area contributed by atoms with Gasteiger partial charge in [0.15, 0.2) is 11.6 Å². The second kappa shape index (κ2) is 5.64. The summed E-state index contributed by atoms with van der Waals surface area (Å²) in [4.78, 5) is 0. The Kier molecular flexibility index (Phi) is 4.14. The summed E-state index contributed by atoms with van der Waals surface area (Å²) in [5.74, 6) is 3.67. The van der Waals surface area contributed by atoms with Gasteiger partial charge in [-0.15, -0.1) is 0 Å². The Morgan fingerprint density at radius 1 is 1.42 bits per heavy atom. The van der Waals surface area contributed by atoms with Gasteiger partial charge in [-0.2, -0.15) is 5.10 Å². The van der Waals surface area contributed by atoms with Crippen molar-refractivity contribution in [3.8, 4) is 0 Å². The summed E-state index contributed by atoms with van der Waals surface area (Å²) in [5, 5.41) is 4.50. The van der Waals surface area contributed by atoms with Crippen molar-refractivity contribution in [3.05, 3.63) is 52.3 Å². The van der Waals surface area contributed by atoms with Crippen LogP contribution in [0.3, 0.4) is 0 Å². The van der Waals surface area contributed by atoms with Crippen LogP contribution in [0.4, 0.5) is 8.78 Å².